The summed E-state index contributed by atoms with van der Waals surface area (Å²) >= 11 is 0. The summed E-state index contributed by atoms with van der Waals surface area (Å²) in [5.41, 5.74) is 0. The molecule has 0 saturated heterocycles. The van der Waals surface area contributed by atoms with Gasteiger partial charge in [-0.05, 0) is 25.3 Å². The first-order chi connectivity index (χ1) is 4.50. The van der Waals surface area contributed by atoms with Crippen molar-refractivity contribution in [1.82, 2.24) is 0 Å². The van der Waals surface area contributed by atoms with Gasteiger partial charge in [0.25, 0.3) is 0 Å². The molecule has 0 bridgehead atoms. The van der Waals surface area contributed by atoms with Gasteiger partial charge in [0.15, 0.2) is 0 Å². The summed E-state index contributed by atoms with van der Waals surface area (Å²) in [5, 5.41) is 0. The van der Waals surface area contributed by atoms with Crippen LogP contribution in [0.15, 0.2) is 30.4 Å². The van der Waals surface area contributed by atoms with Gasteiger partial charge >= 0.3 is 0 Å². The van der Waals surface area contributed by atoms with Gasteiger partial charge in [0.05, 0.1) is 0 Å². The summed E-state index contributed by atoms with van der Waals surface area (Å²) in [7, 11) is 0. The van der Waals surface area contributed by atoms with Gasteiger partial charge in [0, 0.05) is 0 Å². The highest BCUT2D eigenvalue weighted by atomic mass is 13.9. The smallest absolute Gasteiger partial charge is 0.0273 e. The minimum absolute atomic E-state index is 1.09. The van der Waals surface area contributed by atoms with Crippen LogP contribution in [0.5, 0.6) is 0 Å². The largest absolute Gasteiger partial charge is 0.0845 e. The zero-order valence-corrected chi connectivity index (χ0v) is 5.51. The minimum Gasteiger partial charge on any atom is -0.0845 e. The molecule has 1 radical (unpaired) electrons. The molecule has 0 heterocycles. The topological polar surface area (TPSA) is 0 Å². The van der Waals surface area contributed by atoms with Gasteiger partial charge < -0.3 is 0 Å². The summed E-state index contributed by atoms with van der Waals surface area (Å²) in [6.45, 7) is 0. The van der Waals surface area contributed by atoms with Gasteiger partial charge in [-0.3, -0.25) is 0 Å². The van der Waals surface area contributed by atoms with E-state index in [9.17, 15) is 0 Å². The molecule has 1 aliphatic carbocycles. The van der Waals surface area contributed by atoms with Crippen molar-refractivity contribution in [3.8, 4) is 0 Å². The molecule has 0 N–H and O–H groups in total. The first kappa shape index (κ1) is 6.34. The van der Waals surface area contributed by atoms with E-state index in [0.717, 1.165) is 6.42 Å². The van der Waals surface area contributed by atoms with Crippen LogP contribution in [0, 0.1) is 6.08 Å². The Balaban J connectivity index is 2.45. The molecular weight excluding hydrogens is 108 g/mol. The van der Waals surface area contributed by atoms with E-state index in [0.29, 0.717) is 0 Å². The van der Waals surface area contributed by atoms with Crippen molar-refractivity contribution < 1.29 is 0 Å². The van der Waals surface area contributed by atoms with Crippen LogP contribution < -0.4 is 0 Å². The van der Waals surface area contributed by atoms with Crippen LogP contribution in [0.3, 0.4) is 0 Å². The minimum atomic E-state index is 1.09. The molecule has 0 atom stereocenters. The van der Waals surface area contributed by atoms with Gasteiger partial charge in [0.1, 0.15) is 0 Å². The molecule has 1 aliphatic rings. The molecule has 0 heteroatoms. The van der Waals surface area contributed by atoms with Gasteiger partial charge in [-0.2, -0.15) is 0 Å². The van der Waals surface area contributed by atoms with E-state index >= 15 is 0 Å². The number of rotatable bonds is 0. The van der Waals surface area contributed by atoms with Crippen molar-refractivity contribution >= 4 is 0 Å². The lowest BCUT2D eigenvalue weighted by Gasteiger charge is -1.85. The van der Waals surface area contributed by atoms with Gasteiger partial charge in [0.2, 0.25) is 0 Å². The lowest BCUT2D eigenvalue weighted by atomic mass is 10.2. The highest BCUT2D eigenvalue weighted by molar-refractivity contribution is 5.10. The lowest BCUT2D eigenvalue weighted by Crippen LogP contribution is -1.66. The Morgan fingerprint density at radius 3 is 3.11 bits per heavy atom. The number of hydrogen-bond donors (Lipinski definition) is 0. The predicted molar refractivity (Wildman–Crippen MR) is 39.9 cm³/mol. The molecule has 9 heavy (non-hydrogen) atoms. The third-order valence-corrected chi connectivity index (χ3v) is 1.26. The maximum atomic E-state index is 3.18. The molecule has 0 saturated carbocycles. The molecule has 1 rings (SSSR count). The zero-order chi connectivity index (χ0) is 6.36. The Morgan fingerprint density at radius 1 is 1.11 bits per heavy atom. The first-order valence-corrected chi connectivity index (χ1v) is 3.38. The standard InChI is InChI=1S/C9H11/c1-2-4-6-8-9-7-5-3-1/h1-5H,6,8-9H2/b3-1+,4-2-,7-5?. The Labute approximate surface area is 56.6 Å². The van der Waals surface area contributed by atoms with E-state index in [2.05, 4.69) is 18.2 Å². The summed E-state index contributed by atoms with van der Waals surface area (Å²) in [6.07, 6.45) is 17.0. The molecule has 0 aromatic rings. The molecule has 0 aromatic heterocycles. The summed E-state index contributed by atoms with van der Waals surface area (Å²) in [5.74, 6) is 0. The molecular formula is C9H11. The maximum Gasteiger partial charge on any atom is -0.0273 e. The predicted octanol–water partition coefficient (Wildman–Crippen LogP) is 2.64. The van der Waals surface area contributed by atoms with Crippen LogP contribution in [0.2, 0.25) is 0 Å². The van der Waals surface area contributed by atoms with Crippen molar-refractivity contribution in [2.45, 2.75) is 19.3 Å². The first-order valence-electron chi connectivity index (χ1n) is 3.38. The Morgan fingerprint density at radius 2 is 2.11 bits per heavy atom. The van der Waals surface area contributed by atoms with E-state index in [-0.39, 0.29) is 0 Å². The van der Waals surface area contributed by atoms with Gasteiger partial charge in [-0.1, -0.05) is 30.4 Å². The number of hydrogen-bond acceptors (Lipinski definition) is 0. The van der Waals surface area contributed by atoms with Gasteiger partial charge in [-0.25, -0.2) is 0 Å². The highest BCUT2D eigenvalue weighted by Gasteiger charge is 1.80. The van der Waals surface area contributed by atoms with Crippen LogP contribution in [0.1, 0.15) is 19.3 Å². The molecule has 47 valence electrons. The van der Waals surface area contributed by atoms with E-state index in [4.69, 9.17) is 0 Å². The zero-order valence-electron chi connectivity index (χ0n) is 5.51. The van der Waals surface area contributed by atoms with Crippen LogP contribution in [-0.4, -0.2) is 0 Å². The van der Waals surface area contributed by atoms with Crippen LogP contribution in [0.4, 0.5) is 0 Å². The third-order valence-electron chi connectivity index (χ3n) is 1.26. The molecule has 0 spiro atoms. The van der Waals surface area contributed by atoms with Crippen molar-refractivity contribution in [2.24, 2.45) is 0 Å². The Kier molecular flexibility index (Phi) is 2.91. The molecule has 0 fully saturated rings. The molecule has 0 aliphatic heterocycles. The monoisotopic (exact) mass is 119 g/mol. The van der Waals surface area contributed by atoms with E-state index in [1.165, 1.54) is 12.8 Å². The second-order valence-corrected chi connectivity index (χ2v) is 2.08. The van der Waals surface area contributed by atoms with Crippen molar-refractivity contribution in [2.75, 3.05) is 0 Å². The lowest BCUT2D eigenvalue weighted by molar-refractivity contribution is 0.856. The SMILES string of the molecule is [C]1=C/C=C/C=C\CCC\1. The average Bonchev–Trinajstić information content (AvgIpc) is 2.00. The van der Waals surface area contributed by atoms with E-state index in [1.807, 2.05) is 18.2 Å². The Bertz CT molecular complexity index is 122. The van der Waals surface area contributed by atoms with Gasteiger partial charge in [-0.15, -0.1) is 0 Å². The van der Waals surface area contributed by atoms with E-state index < -0.39 is 0 Å². The quantitative estimate of drug-likeness (QED) is 0.460. The van der Waals surface area contributed by atoms with Crippen molar-refractivity contribution in [1.29, 1.82) is 0 Å². The fourth-order valence-electron chi connectivity index (χ4n) is 0.768. The summed E-state index contributed by atoms with van der Waals surface area (Å²) < 4.78 is 0. The second kappa shape index (κ2) is 4.13. The molecule has 0 unspecified atom stereocenters. The molecule has 0 amide bonds. The fraction of sp³-hybridized carbons (Fsp3) is 0.333. The third kappa shape index (κ3) is 2.91. The van der Waals surface area contributed by atoms with E-state index in [1.54, 1.807) is 0 Å². The maximum absolute atomic E-state index is 3.18. The summed E-state index contributed by atoms with van der Waals surface area (Å²) in [4.78, 5) is 0. The average molecular weight is 119 g/mol. The second-order valence-electron chi connectivity index (χ2n) is 2.08. The highest BCUT2D eigenvalue weighted by Crippen LogP contribution is 1.99. The molecule has 0 nitrogen and oxygen atoms in total. The molecule has 0 aromatic carbocycles. The van der Waals surface area contributed by atoms with Crippen molar-refractivity contribution in [3.05, 3.63) is 36.5 Å². The van der Waals surface area contributed by atoms with Crippen molar-refractivity contribution in [3.63, 3.8) is 0 Å². The summed E-state index contributed by atoms with van der Waals surface area (Å²) in [6, 6.07) is 0. The normalized spacial score (nSPS) is 29.3. The van der Waals surface area contributed by atoms with Crippen LogP contribution in [-0.2, 0) is 0 Å². The van der Waals surface area contributed by atoms with Crippen LogP contribution >= 0.6 is 0 Å². The fourth-order valence-corrected chi connectivity index (χ4v) is 0.768. The number of allylic oxidation sites excluding steroid dienone is 6. The van der Waals surface area contributed by atoms with Crippen LogP contribution in [0.25, 0.3) is 0 Å². The Hall–Kier alpha value is -0.780.